The first-order valence-electron chi connectivity index (χ1n) is 11.3. The highest BCUT2D eigenvalue weighted by Gasteiger charge is 2.26. The quantitative estimate of drug-likeness (QED) is 0.281. The molecule has 0 N–H and O–H groups in total. The Kier molecular flexibility index (Phi) is 9.34. The number of aryl methyl sites for hydroxylation is 1. The largest absolute Gasteiger partial charge is 0.493 e. The normalized spacial score (nSPS) is 11.1. The molecule has 188 valence electrons. The molecule has 35 heavy (non-hydrogen) atoms. The number of halogens is 3. The number of benzene rings is 2. The summed E-state index contributed by atoms with van der Waals surface area (Å²) in [5, 5.41) is 0.742. The molecule has 0 fully saturated rings. The molecule has 0 bridgehead atoms. The minimum atomic E-state index is -0.241. The van der Waals surface area contributed by atoms with Crippen molar-refractivity contribution in [1.82, 2.24) is 14.5 Å². The summed E-state index contributed by atoms with van der Waals surface area (Å²) in [6.07, 6.45) is 0.802. The van der Waals surface area contributed by atoms with E-state index in [4.69, 9.17) is 44.3 Å². The topological polar surface area (TPSA) is 56.6 Å². The second kappa shape index (κ2) is 12.0. The number of imidazole rings is 1. The van der Waals surface area contributed by atoms with Gasteiger partial charge in [-0.05, 0) is 42.5 Å². The average Bonchev–Trinajstić information content (AvgIpc) is 3.09. The van der Waals surface area contributed by atoms with E-state index >= 15 is 0 Å². The molecule has 0 aliphatic heterocycles. The molecule has 0 spiro atoms. The monoisotopic (exact) mass is 537 g/mol. The number of rotatable bonds is 10. The molecule has 3 rings (SSSR count). The molecule has 0 radical (unpaired) electrons. The van der Waals surface area contributed by atoms with Crippen molar-refractivity contribution in [2.24, 2.45) is 5.92 Å². The van der Waals surface area contributed by atoms with Gasteiger partial charge in [0.25, 0.3) is 5.91 Å². The van der Waals surface area contributed by atoms with Gasteiger partial charge in [-0.2, -0.15) is 0 Å². The zero-order valence-corrected chi connectivity index (χ0v) is 22.8. The van der Waals surface area contributed by atoms with Crippen LogP contribution in [-0.2, 0) is 13.1 Å². The fourth-order valence-corrected chi connectivity index (χ4v) is 4.46. The van der Waals surface area contributed by atoms with Crippen molar-refractivity contribution >= 4 is 40.7 Å². The van der Waals surface area contributed by atoms with E-state index in [2.05, 4.69) is 18.8 Å². The van der Waals surface area contributed by atoms with Crippen molar-refractivity contribution in [1.29, 1.82) is 0 Å². The standard InChI is InChI=1S/C26H30Cl3N3O3/c1-16(2)12-13-31(26(33)19-10-11-20(34-4)23(35-5)22(19)27)15-21-30-24(28)25(29)32(21)14-18-9-7-6-8-17(18)3/h6-11,16H,12-15H2,1-5H3. The van der Waals surface area contributed by atoms with Crippen LogP contribution in [0.3, 0.4) is 0 Å². The highest BCUT2D eigenvalue weighted by atomic mass is 35.5. The SMILES string of the molecule is COc1ccc(C(=O)N(CCC(C)C)Cc2nc(Cl)c(Cl)n2Cc2ccccc2C)c(Cl)c1OC. The third-order valence-electron chi connectivity index (χ3n) is 5.85. The number of hydrogen-bond donors (Lipinski definition) is 0. The lowest BCUT2D eigenvalue weighted by Crippen LogP contribution is -2.33. The van der Waals surface area contributed by atoms with Gasteiger partial charge in [-0.25, -0.2) is 4.98 Å². The maximum Gasteiger partial charge on any atom is 0.255 e. The number of carbonyl (C=O) groups excluding carboxylic acids is 1. The van der Waals surface area contributed by atoms with Gasteiger partial charge in [0, 0.05) is 6.54 Å². The van der Waals surface area contributed by atoms with Crippen LogP contribution in [0.25, 0.3) is 0 Å². The van der Waals surface area contributed by atoms with E-state index in [1.54, 1.807) is 17.0 Å². The molecule has 2 aromatic carbocycles. The predicted octanol–water partition coefficient (Wildman–Crippen LogP) is 6.91. The minimum absolute atomic E-state index is 0.200. The van der Waals surface area contributed by atoms with Crippen molar-refractivity contribution in [3.05, 3.63) is 74.2 Å². The molecule has 0 aliphatic rings. The fourth-order valence-electron chi connectivity index (χ4n) is 3.75. The highest BCUT2D eigenvalue weighted by molar-refractivity contribution is 6.40. The summed E-state index contributed by atoms with van der Waals surface area (Å²) in [5.41, 5.74) is 2.54. The second-order valence-corrected chi connectivity index (χ2v) is 9.79. The molecule has 9 heteroatoms. The van der Waals surface area contributed by atoms with E-state index in [9.17, 15) is 4.79 Å². The highest BCUT2D eigenvalue weighted by Crippen LogP contribution is 2.38. The first kappa shape index (κ1) is 27.2. The summed E-state index contributed by atoms with van der Waals surface area (Å²) in [4.78, 5) is 19.9. The van der Waals surface area contributed by atoms with Crippen LogP contribution < -0.4 is 9.47 Å². The molecular formula is C26H30Cl3N3O3. The number of nitrogens with zero attached hydrogens (tertiary/aromatic N) is 3. The first-order chi connectivity index (χ1) is 16.7. The Morgan fingerprint density at radius 2 is 1.80 bits per heavy atom. The Hall–Kier alpha value is -2.41. The molecule has 1 aromatic heterocycles. The molecule has 0 aliphatic carbocycles. The summed E-state index contributed by atoms with van der Waals surface area (Å²) in [6, 6.07) is 11.4. The van der Waals surface area contributed by atoms with Gasteiger partial charge < -0.3 is 18.9 Å². The summed E-state index contributed by atoms with van der Waals surface area (Å²) in [7, 11) is 3.01. The Balaban J connectivity index is 1.99. The van der Waals surface area contributed by atoms with Crippen LogP contribution in [0.4, 0.5) is 0 Å². The molecular weight excluding hydrogens is 509 g/mol. The van der Waals surface area contributed by atoms with Crippen molar-refractivity contribution < 1.29 is 14.3 Å². The molecule has 0 saturated carbocycles. The van der Waals surface area contributed by atoms with Gasteiger partial charge in [0.2, 0.25) is 0 Å². The van der Waals surface area contributed by atoms with Gasteiger partial charge in [-0.3, -0.25) is 4.79 Å². The number of hydrogen-bond acceptors (Lipinski definition) is 4. The number of carbonyl (C=O) groups is 1. The van der Waals surface area contributed by atoms with Gasteiger partial charge in [0.1, 0.15) is 11.0 Å². The molecule has 6 nitrogen and oxygen atoms in total. The zero-order valence-electron chi connectivity index (χ0n) is 20.6. The van der Waals surface area contributed by atoms with Crippen LogP contribution in [-0.4, -0.2) is 41.1 Å². The summed E-state index contributed by atoms with van der Waals surface area (Å²) >= 11 is 19.4. The van der Waals surface area contributed by atoms with Gasteiger partial charge in [-0.1, -0.05) is 72.9 Å². The van der Waals surface area contributed by atoms with Crippen LogP contribution in [0.2, 0.25) is 15.3 Å². The maximum absolute atomic E-state index is 13.7. The van der Waals surface area contributed by atoms with Gasteiger partial charge in [0.15, 0.2) is 16.7 Å². The number of amides is 1. The lowest BCUT2D eigenvalue weighted by molar-refractivity contribution is 0.0729. The second-order valence-electron chi connectivity index (χ2n) is 8.69. The van der Waals surface area contributed by atoms with E-state index in [1.807, 2.05) is 35.8 Å². The van der Waals surface area contributed by atoms with Crippen LogP contribution in [0, 0.1) is 12.8 Å². The fraction of sp³-hybridized carbons (Fsp3) is 0.385. The molecule has 0 atom stereocenters. The summed E-state index contributed by atoms with van der Waals surface area (Å²) in [6.45, 7) is 7.48. The average molecular weight is 539 g/mol. The third-order valence-corrected chi connectivity index (χ3v) is 6.97. The van der Waals surface area contributed by atoms with Crippen molar-refractivity contribution in [3.8, 4) is 11.5 Å². The molecule has 3 aromatic rings. The van der Waals surface area contributed by atoms with Crippen LogP contribution in [0.15, 0.2) is 36.4 Å². The maximum atomic E-state index is 13.7. The molecule has 0 saturated heterocycles. The first-order valence-corrected chi connectivity index (χ1v) is 12.5. The number of methoxy groups -OCH3 is 2. The summed E-state index contributed by atoms with van der Waals surface area (Å²) in [5.74, 6) is 1.52. The van der Waals surface area contributed by atoms with E-state index in [1.165, 1.54) is 14.2 Å². The predicted molar refractivity (Wildman–Crippen MR) is 141 cm³/mol. The smallest absolute Gasteiger partial charge is 0.255 e. The Labute approximate surface area is 221 Å². The zero-order chi connectivity index (χ0) is 25.7. The van der Waals surface area contributed by atoms with E-state index < -0.39 is 0 Å². The van der Waals surface area contributed by atoms with E-state index in [0.29, 0.717) is 47.0 Å². The van der Waals surface area contributed by atoms with Crippen LogP contribution in [0.1, 0.15) is 47.6 Å². The number of aromatic nitrogens is 2. The minimum Gasteiger partial charge on any atom is -0.493 e. The molecule has 1 amide bonds. The third kappa shape index (κ3) is 6.24. The Morgan fingerprint density at radius 3 is 2.43 bits per heavy atom. The van der Waals surface area contributed by atoms with Gasteiger partial charge in [0.05, 0.1) is 37.9 Å². The Morgan fingerprint density at radius 1 is 1.09 bits per heavy atom. The van der Waals surface area contributed by atoms with Gasteiger partial charge >= 0.3 is 0 Å². The summed E-state index contributed by atoms with van der Waals surface area (Å²) < 4.78 is 12.5. The molecule has 1 heterocycles. The van der Waals surface area contributed by atoms with Gasteiger partial charge in [-0.15, -0.1) is 0 Å². The van der Waals surface area contributed by atoms with Crippen LogP contribution in [0.5, 0.6) is 11.5 Å². The lowest BCUT2D eigenvalue weighted by atomic mass is 10.1. The Bertz CT molecular complexity index is 1190. The van der Waals surface area contributed by atoms with E-state index in [0.717, 1.165) is 17.5 Å². The van der Waals surface area contributed by atoms with Crippen molar-refractivity contribution in [2.45, 2.75) is 40.3 Å². The lowest BCUT2D eigenvalue weighted by Gasteiger charge is -2.25. The van der Waals surface area contributed by atoms with Crippen molar-refractivity contribution in [3.63, 3.8) is 0 Å². The molecule has 0 unspecified atom stereocenters. The van der Waals surface area contributed by atoms with Crippen LogP contribution >= 0.6 is 34.8 Å². The van der Waals surface area contributed by atoms with Crippen molar-refractivity contribution in [2.75, 3.05) is 20.8 Å². The van der Waals surface area contributed by atoms with E-state index in [-0.39, 0.29) is 22.6 Å². The number of ether oxygens (including phenoxy) is 2.